The first-order chi connectivity index (χ1) is 10.1. The van der Waals surface area contributed by atoms with Gasteiger partial charge in [-0.25, -0.2) is 4.79 Å². The van der Waals surface area contributed by atoms with Gasteiger partial charge in [-0.15, -0.1) is 0 Å². The number of nitrogens with one attached hydrogen (secondary N) is 1. The second kappa shape index (κ2) is 6.98. The highest BCUT2D eigenvalue weighted by atomic mass is 31.0. The molecular formula is C12H15N2O6P. The van der Waals surface area contributed by atoms with E-state index in [1.54, 1.807) is 0 Å². The minimum absolute atomic E-state index is 0.0347. The fourth-order valence-electron chi connectivity index (χ4n) is 2.05. The van der Waals surface area contributed by atoms with Crippen molar-refractivity contribution in [3.05, 3.63) is 32.6 Å². The zero-order valence-electron chi connectivity index (χ0n) is 11.0. The molecule has 1 aromatic rings. The minimum atomic E-state index is -0.777. The van der Waals surface area contributed by atoms with Crippen LogP contribution >= 0.6 is 9.47 Å². The molecule has 1 fully saturated rings. The third-order valence-electron chi connectivity index (χ3n) is 3.04. The van der Waals surface area contributed by atoms with Crippen molar-refractivity contribution in [1.29, 1.82) is 0 Å². The van der Waals surface area contributed by atoms with Crippen molar-refractivity contribution in [1.82, 2.24) is 9.55 Å². The van der Waals surface area contributed by atoms with Crippen LogP contribution in [0.2, 0.25) is 0 Å². The van der Waals surface area contributed by atoms with Gasteiger partial charge in [0.1, 0.15) is 24.5 Å². The molecule has 9 heteroatoms. The SMILES string of the molecule is O=c1[nH]c(=O)n(C2CC(O)[C@@H](COP)O2)cc1C#CCO. The van der Waals surface area contributed by atoms with Crippen molar-refractivity contribution < 1.29 is 19.5 Å². The fraction of sp³-hybridized carbons (Fsp3) is 0.500. The van der Waals surface area contributed by atoms with E-state index in [-0.39, 0.29) is 18.6 Å². The summed E-state index contributed by atoms with van der Waals surface area (Å²) in [7, 11) is 2.06. The van der Waals surface area contributed by atoms with Gasteiger partial charge in [0.15, 0.2) is 0 Å². The summed E-state index contributed by atoms with van der Waals surface area (Å²) in [6.07, 6.45) is -0.605. The maximum absolute atomic E-state index is 11.8. The molecule has 2 rings (SSSR count). The zero-order chi connectivity index (χ0) is 15.4. The number of nitrogens with zero attached hydrogens (tertiary/aromatic N) is 1. The monoisotopic (exact) mass is 314 g/mol. The lowest BCUT2D eigenvalue weighted by Gasteiger charge is -2.15. The second-order valence-corrected chi connectivity index (χ2v) is 4.77. The smallest absolute Gasteiger partial charge is 0.330 e. The Morgan fingerprint density at radius 3 is 3.00 bits per heavy atom. The van der Waals surface area contributed by atoms with Crippen LogP contribution in [0.25, 0.3) is 0 Å². The number of aliphatic hydroxyl groups is 2. The average molecular weight is 314 g/mol. The molecule has 8 nitrogen and oxygen atoms in total. The van der Waals surface area contributed by atoms with Gasteiger partial charge in [0, 0.05) is 22.1 Å². The molecule has 4 atom stereocenters. The molecule has 0 saturated carbocycles. The van der Waals surface area contributed by atoms with Crippen molar-refractivity contribution in [2.45, 2.75) is 24.9 Å². The molecule has 0 bridgehead atoms. The lowest BCUT2D eigenvalue weighted by molar-refractivity contribution is -0.0382. The van der Waals surface area contributed by atoms with Crippen molar-refractivity contribution in [2.75, 3.05) is 13.2 Å². The summed E-state index contributed by atoms with van der Waals surface area (Å²) in [6.45, 7) is -0.234. The lowest BCUT2D eigenvalue weighted by atomic mass is 10.2. The van der Waals surface area contributed by atoms with Gasteiger partial charge in [-0.05, 0) is 0 Å². The van der Waals surface area contributed by atoms with E-state index >= 15 is 0 Å². The number of hydrogen-bond donors (Lipinski definition) is 3. The zero-order valence-corrected chi connectivity index (χ0v) is 12.1. The average Bonchev–Trinajstić information content (AvgIpc) is 2.79. The summed E-state index contributed by atoms with van der Waals surface area (Å²) >= 11 is 0. The first kappa shape index (κ1) is 15.9. The molecular weight excluding hydrogens is 299 g/mol. The van der Waals surface area contributed by atoms with Gasteiger partial charge in [0.05, 0.1) is 12.7 Å². The van der Waals surface area contributed by atoms with Crippen LogP contribution in [-0.4, -0.2) is 45.2 Å². The van der Waals surface area contributed by atoms with Crippen molar-refractivity contribution >= 4 is 9.47 Å². The molecule has 0 aromatic carbocycles. The lowest BCUT2D eigenvalue weighted by Crippen LogP contribution is -2.33. The Kier molecular flexibility index (Phi) is 5.28. The first-order valence-corrected chi connectivity index (χ1v) is 6.64. The number of aliphatic hydroxyl groups excluding tert-OH is 2. The van der Waals surface area contributed by atoms with Crippen LogP contribution in [0.1, 0.15) is 18.2 Å². The Labute approximate surface area is 122 Å². The number of aromatic nitrogens is 2. The number of ether oxygens (including phenoxy) is 1. The number of rotatable bonds is 3. The summed E-state index contributed by atoms with van der Waals surface area (Å²) in [5.74, 6) is 4.79. The van der Waals surface area contributed by atoms with Crippen LogP contribution in [0.15, 0.2) is 15.8 Å². The predicted molar refractivity (Wildman–Crippen MR) is 75.5 cm³/mol. The van der Waals surface area contributed by atoms with Crippen LogP contribution < -0.4 is 11.2 Å². The van der Waals surface area contributed by atoms with E-state index in [9.17, 15) is 14.7 Å². The maximum Gasteiger partial charge on any atom is 0.330 e. The first-order valence-electron chi connectivity index (χ1n) is 6.17. The van der Waals surface area contributed by atoms with Crippen LogP contribution in [0.5, 0.6) is 0 Å². The minimum Gasteiger partial charge on any atom is -0.390 e. The molecule has 3 unspecified atom stereocenters. The number of H-pyrrole nitrogens is 1. The quantitative estimate of drug-likeness (QED) is 0.454. The van der Waals surface area contributed by atoms with Crippen molar-refractivity contribution in [3.63, 3.8) is 0 Å². The molecule has 2 heterocycles. The topological polar surface area (TPSA) is 114 Å². The molecule has 1 aliphatic heterocycles. The number of hydrogen-bond acceptors (Lipinski definition) is 6. The Bertz CT molecular complexity index is 673. The highest BCUT2D eigenvalue weighted by Crippen LogP contribution is 2.28. The van der Waals surface area contributed by atoms with Crippen LogP contribution in [-0.2, 0) is 9.26 Å². The third-order valence-corrected chi connectivity index (χ3v) is 3.24. The molecule has 1 aromatic heterocycles. The number of aromatic amines is 1. The Morgan fingerprint density at radius 2 is 2.33 bits per heavy atom. The Hall–Kier alpha value is -1.49. The van der Waals surface area contributed by atoms with Crippen LogP contribution in [0.4, 0.5) is 0 Å². The van der Waals surface area contributed by atoms with E-state index in [2.05, 4.69) is 26.3 Å². The molecule has 21 heavy (non-hydrogen) atoms. The highest BCUT2D eigenvalue weighted by molar-refractivity contribution is 7.09. The molecule has 0 spiro atoms. The summed E-state index contributed by atoms with van der Waals surface area (Å²) < 4.78 is 11.5. The molecule has 0 aliphatic carbocycles. The van der Waals surface area contributed by atoms with E-state index in [1.165, 1.54) is 6.20 Å². The predicted octanol–water partition coefficient (Wildman–Crippen LogP) is -1.66. The van der Waals surface area contributed by atoms with Gasteiger partial charge >= 0.3 is 5.69 Å². The van der Waals surface area contributed by atoms with E-state index in [0.717, 1.165) is 4.57 Å². The van der Waals surface area contributed by atoms with Crippen molar-refractivity contribution in [2.24, 2.45) is 0 Å². The summed E-state index contributed by atoms with van der Waals surface area (Å²) in [6, 6.07) is 0. The molecule has 0 radical (unpaired) electrons. The molecule has 3 N–H and O–H groups in total. The van der Waals surface area contributed by atoms with Gasteiger partial charge in [-0.3, -0.25) is 14.3 Å². The van der Waals surface area contributed by atoms with E-state index in [1.807, 2.05) is 0 Å². The van der Waals surface area contributed by atoms with Gasteiger partial charge in [0.25, 0.3) is 5.56 Å². The van der Waals surface area contributed by atoms with Crippen LogP contribution in [0, 0.1) is 11.8 Å². The van der Waals surface area contributed by atoms with Gasteiger partial charge in [-0.1, -0.05) is 11.8 Å². The van der Waals surface area contributed by atoms with Gasteiger partial charge in [0.2, 0.25) is 0 Å². The summed E-state index contributed by atoms with van der Waals surface area (Å²) in [4.78, 5) is 25.5. The summed E-state index contributed by atoms with van der Waals surface area (Å²) in [5, 5.41) is 18.5. The van der Waals surface area contributed by atoms with Crippen molar-refractivity contribution in [3.8, 4) is 11.8 Å². The molecule has 114 valence electrons. The van der Waals surface area contributed by atoms with E-state index < -0.39 is 36.3 Å². The Morgan fingerprint density at radius 1 is 1.57 bits per heavy atom. The molecule has 0 amide bonds. The molecule has 1 saturated heterocycles. The van der Waals surface area contributed by atoms with Gasteiger partial charge in [-0.2, -0.15) is 0 Å². The molecule has 1 aliphatic rings. The van der Waals surface area contributed by atoms with E-state index in [0.29, 0.717) is 0 Å². The Balaban J connectivity index is 2.32. The maximum atomic E-state index is 11.8. The van der Waals surface area contributed by atoms with Crippen LogP contribution in [0.3, 0.4) is 0 Å². The normalized spacial score (nSPS) is 24.6. The second-order valence-electron chi connectivity index (χ2n) is 4.43. The van der Waals surface area contributed by atoms with Gasteiger partial charge < -0.3 is 19.5 Å². The standard InChI is InChI=1S/C12H15N2O6P/c15-3-1-2-7-5-14(12(18)13-11(7)17)10-4-8(16)9(20-10)6-19-21/h5,8-10,15-16H,3-4,6,21H2,(H,13,17,18)/t8?,9-,10?/m1/s1. The fourth-order valence-corrected chi connectivity index (χ4v) is 2.24. The summed E-state index contributed by atoms with van der Waals surface area (Å²) in [5.41, 5.74) is -1.26. The largest absolute Gasteiger partial charge is 0.390 e. The van der Waals surface area contributed by atoms with E-state index in [4.69, 9.17) is 14.4 Å². The highest BCUT2D eigenvalue weighted by Gasteiger charge is 2.35. The third kappa shape index (κ3) is 3.59.